The van der Waals surface area contributed by atoms with Crippen LogP contribution in [0.5, 0.6) is 11.5 Å². The Balaban J connectivity index is 2.01. The average molecular weight is 354 g/mol. The van der Waals surface area contributed by atoms with E-state index in [1.807, 2.05) is 43.3 Å². The summed E-state index contributed by atoms with van der Waals surface area (Å²) in [6, 6.07) is 13.1. The van der Waals surface area contributed by atoms with Crippen molar-refractivity contribution in [3.8, 4) is 11.5 Å². The second-order valence-corrected chi connectivity index (χ2v) is 5.88. The summed E-state index contributed by atoms with van der Waals surface area (Å²) < 4.78 is 10.7. The molecule has 1 fully saturated rings. The zero-order valence-electron chi connectivity index (χ0n) is 14.2. The van der Waals surface area contributed by atoms with Crippen LogP contribution in [0.3, 0.4) is 0 Å². The highest BCUT2D eigenvalue weighted by Crippen LogP contribution is 2.33. The summed E-state index contributed by atoms with van der Waals surface area (Å²) in [6.07, 6.45) is 1.72. The minimum atomic E-state index is -0.204. The second-order valence-electron chi connectivity index (χ2n) is 5.50. The van der Waals surface area contributed by atoms with Crippen molar-refractivity contribution in [3.63, 3.8) is 0 Å². The SMILES string of the molecule is COc1cccc(/C=C2/NC(=S)N(c3ccccc3C)C2=O)c1OC. The summed E-state index contributed by atoms with van der Waals surface area (Å²) >= 11 is 5.36. The molecule has 0 aliphatic carbocycles. The van der Waals surface area contributed by atoms with Gasteiger partial charge in [0.05, 0.1) is 19.9 Å². The van der Waals surface area contributed by atoms with Crippen molar-refractivity contribution in [1.29, 1.82) is 0 Å². The van der Waals surface area contributed by atoms with Crippen molar-refractivity contribution >= 4 is 35.0 Å². The van der Waals surface area contributed by atoms with Gasteiger partial charge in [-0.15, -0.1) is 0 Å². The third-order valence-corrected chi connectivity index (χ3v) is 4.25. The van der Waals surface area contributed by atoms with E-state index in [1.54, 1.807) is 26.4 Å². The van der Waals surface area contributed by atoms with Crippen molar-refractivity contribution in [3.05, 3.63) is 59.3 Å². The Labute approximate surface area is 151 Å². The van der Waals surface area contributed by atoms with Gasteiger partial charge in [-0.1, -0.05) is 30.3 Å². The number of anilines is 1. The van der Waals surface area contributed by atoms with Gasteiger partial charge in [-0.05, 0) is 42.9 Å². The van der Waals surface area contributed by atoms with Crippen LogP contribution in [0.25, 0.3) is 6.08 Å². The molecule has 1 amide bonds. The van der Waals surface area contributed by atoms with Crippen LogP contribution in [-0.4, -0.2) is 25.2 Å². The molecule has 5 nitrogen and oxygen atoms in total. The number of carbonyl (C=O) groups excluding carboxylic acids is 1. The molecule has 3 rings (SSSR count). The third-order valence-electron chi connectivity index (χ3n) is 3.97. The van der Waals surface area contributed by atoms with Crippen LogP contribution >= 0.6 is 12.2 Å². The maximum Gasteiger partial charge on any atom is 0.281 e. The van der Waals surface area contributed by atoms with Crippen LogP contribution in [0.4, 0.5) is 5.69 Å². The monoisotopic (exact) mass is 354 g/mol. The smallest absolute Gasteiger partial charge is 0.281 e. The van der Waals surface area contributed by atoms with Gasteiger partial charge in [0.25, 0.3) is 5.91 Å². The molecule has 0 saturated carbocycles. The van der Waals surface area contributed by atoms with Crippen LogP contribution in [0.2, 0.25) is 0 Å². The number of aryl methyl sites for hydroxylation is 1. The number of para-hydroxylation sites is 2. The zero-order valence-corrected chi connectivity index (χ0v) is 15.0. The van der Waals surface area contributed by atoms with E-state index in [1.165, 1.54) is 4.90 Å². The first-order chi connectivity index (χ1) is 12.1. The largest absolute Gasteiger partial charge is 0.493 e. The zero-order chi connectivity index (χ0) is 18.0. The van der Waals surface area contributed by atoms with E-state index in [0.29, 0.717) is 22.3 Å². The molecular weight excluding hydrogens is 336 g/mol. The third kappa shape index (κ3) is 3.08. The molecule has 1 N–H and O–H groups in total. The van der Waals surface area contributed by atoms with Gasteiger partial charge in [-0.2, -0.15) is 0 Å². The molecule has 128 valence electrons. The predicted octanol–water partition coefficient (Wildman–Crippen LogP) is 3.27. The summed E-state index contributed by atoms with van der Waals surface area (Å²) in [7, 11) is 3.14. The Morgan fingerprint density at radius 1 is 1.08 bits per heavy atom. The Morgan fingerprint density at radius 2 is 1.84 bits per heavy atom. The number of ether oxygens (including phenoxy) is 2. The predicted molar refractivity (Wildman–Crippen MR) is 102 cm³/mol. The lowest BCUT2D eigenvalue weighted by Gasteiger charge is -2.16. The standard InChI is InChI=1S/C19H18N2O3S/c1-12-7-4-5-9-15(12)21-18(22)14(20-19(21)25)11-13-8-6-10-16(23-2)17(13)24-3/h4-11H,1-3H3,(H,20,25)/b14-11+. The van der Waals surface area contributed by atoms with Gasteiger partial charge in [0.2, 0.25) is 0 Å². The highest BCUT2D eigenvalue weighted by molar-refractivity contribution is 7.80. The molecule has 0 spiro atoms. The molecule has 25 heavy (non-hydrogen) atoms. The second kappa shape index (κ2) is 6.94. The fourth-order valence-electron chi connectivity index (χ4n) is 2.75. The van der Waals surface area contributed by atoms with Crippen molar-refractivity contribution in [1.82, 2.24) is 5.32 Å². The van der Waals surface area contributed by atoms with Crippen LogP contribution < -0.4 is 19.7 Å². The summed E-state index contributed by atoms with van der Waals surface area (Å²) in [4.78, 5) is 14.4. The normalized spacial score (nSPS) is 15.5. The minimum absolute atomic E-state index is 0.204. The lowest BCUT2D eigenvalue weighted by Crippen LogP contribution is -2.30. The van der Waals surface area contributed by atoms with E-state index in [4.69, 9.17) is 21.7 Å². The number of benzene rings is 2. The highest BCUT2D eigenvalue weighted by Gasteiger charge is 2.32. The van der Waals surface area contributed by atoms with E-state index < -0.39 is 0 Å². The number of amides is 1. The number of methoxy groups -OCH3 is 2. The Hall–Kier alpha value is -2.86. The van der Waals surface area contributed by atoms with Crippen LogP contribution in [0, 0.1) is 6.92 Å². The molecule has 6 heteroatoms. The van der Waals surface area contributed by atoms with Crippen LogP contribution in [0.1, 0.15) is 11.1 Å². The first-order valence-corrected chi connectivity index (χ1v) is 8.11. The quantitative estimate of drug-likeness (QED) is 0.675. The summed E-state index contributed by atoms with van der Waals surface area (Å²) in [5.41, 5.74) is 2.86. The first-order valence-electron chi connectivity index (χ1n) is 7.70. The summed E-state index contributed by atoms with van der Waals surface area (Å²) in [5.74, 6) is 0.956. The van der Waals surface area contributed by atoms with E-state index >= 15 is 0 Å². The molecular formula is C19H18N2O3S. The van der Waals surface area contributed by atoms with Crippen molar-refractivity contribution in [2.75, 3.05) is 19.1 Å². The van der Waals surface area contributed by atoms with E-state index in [-0.39, 0.29) is 5.91 Å². The topological polar surface area (TPSA) is 50.8 Å². The van der Waals surface area contributed by atoms with Gasteiger partial charge >= 0.3 is 0 Å². The number of nitrogens with zero attached hydrogens (tertiary/aromatic N) is 1. The molecule has 1 aliphatic rings. The molecule has 1 aliphatic heterocycles. The maximum atomic E-state index is 12.9. The lowest BCUT2D eigenvalue weighted by atomic mass is 10.1. The molecule has 0 aromatic heterocycles. The molecule has 0 radical (unpaired) electrons. The Bertz CT molecular complexity index is 877. The van der Waals surface area contributed by atoms with Gasteiger partial charge in [-0.25, -0.2) is 0 Å². The number of hydrogen-bond acceptors (Lipinski definition) is 4. The molecule has 0 bridgehead atoms. The van der Waals surface area contributed by atoms with Gasteiger partial charge < -0.3 is 14.8 Å². The van der Waals surface area contributed by atoms with E-state index in [9.17, 15) is 4.79 Å². The molecule has 0 unspecified atom stereocenters. The van der Waals surface area contributed by atoms with Gasteiger partial charge in [-0.3, -0.25) is 9.69 Å². The fourth-order valence-corrected chi connectivity index (χ4v) is 3.04. The maximum absolute atomic E-state index is 12.9. The summed E-state index contributed by atoms with van der Waals surface area (Å²) in [5, 5.41) is 3.34. The Morgan fingerprint density at radius 3 is 2.52 bits per heavy atom. The number of nitrogens with one attached hydrogen (secondary N) is 1. The van der Waals surface area contributed by atoms with Gasteiger partial charge in [0.15, 0.2) is 16.6 Å². The summed E-state index contributed by atoms with van der Waals surface area (Å²) in [6.45, 7) is 1.94. The molecule has 2 aromatic carbocycles. The fraction of sp³-hybridized carbons (Fsp3) is 0.158. The molecule has 0 atom stereocenters. The van der Waals surface area contributed by atoms with Gasteiger partial charge in [0, 0.05) is 5.56 Å². The number of hydrogen-bond donors (Lipinski definition) is 1. The molecule has 1 heterocycles. The molecule has 2 aromatic rings. The first kappa shape index (κ1) is 17.0. The van der Waals surface area contributed by atoms with Crippen molar-refractivity contribution in [2.45, 2.75) is 6.92 Å². The van der Waals surface area contributed by atoms with Crippen molar-refractivity contribution < 1.29 is 14.3 Å². The lowest BCUT2D eigenvalue weighted by molar-refractivity contribution is -0.113. The van der Waals surface area contributed by atoms with E-state index in [0.717, 1.165) is 16.8 Å². The number of carbonyl (C=O) groups is 1. The molecule has 1 saturated heterocycles. The van der Waals surface area contributed by atoms with Crippen molar-refractivity contribution in [2.24, 2.45) is 0 Å². The van der Waals surface area contributed by atoms with Crippen LogP contribution in [-0.2, 0) is 4.79 Å². The minimum Gasteiger partial charge on any atom is -0.493 e. The number of rotatable bonds is 4. The highest BCUT2D eigenvalue weighted by atomic mass is 32.1. The Kier molecular flexibility index (Phi) is 4.72. The van der Waals surface area contributed by atoms with Crippen LogP contribution in [0.15, 0.2) is 48.2 Å². The van der Waals surface area contributed by atoms with Gasteiger partial charge in [0.1, 0.15) is 5.70 Å². The van der Waals surface area contributed by atoms with E-state index in [2.05, 4.69) is 5.32 Å². The number of thiocarbonyl (C=S) groups is 1. The average Bonchev–Trinajstić information content (AvgIpc) is 2.89.